The lowest BCUT2D eigenvalue weighted by molar-refractivity contribution is 0.0595. The van der Waals surface area contributed by atoms with Crippen molar-refractivity contribution in [1.29, 1.82) is 0 Å². The van der Waals surface area contributed by atoms with Gasteiger partial charge in [0.2, 0.25) is 0 Å². The lowest BCUT2D eigenvalue weighted by Gasteiger charge is -2.39. The maximum Gasteiger partial charge on any atom is 0.259 e. The summed E-state index contributed by atoms with van der Waals surface area (Å²) >= 11 is 0. The Hall–Kier alpha value is -1.88. The molecule has 216 valence electrons. The van der Waals surface area contributed by atoms with E-state index in [1.54, 1.807) is 19.4 Å². The number of carbonyl (C=O) groups is 1. The van der Waals surface area contributed by atoms with Crippen LogP contribution in [0.4, 0.5) is 5.82 Å². The molecule has 2 aromatic rings. The molecule has 38 heavy (non-hydrogen) atoms. The van der Waals surface area contributed by atoms with Gasteiger partial charge in [-0.2, -0.15) is 0 Å². The van der Waals surface area contributed by atoms with Crippen LogP contribution >= 0.6 is 24.8 Å². The number of hydrogen-bond donors (Lipinski definition) is 2. The molecule has 2 aromatic heterocycles. The molecule has 0 aliphatic carbocycles. The Kier molecular flexibility index (Phi) is 13.0. The lowest BCUT2D eigenvalue weighted by Crippen LogP contribution is -2.53. The second-order valence-corrected chi connectivity index (χ2v) is 13.5. The van der Waals surface area contributed by atoms with E-state index in [2.05, 4.69) is 29.5 Å². The van der Waals surface area contributed by atoms with E-state index >= 15 is 0 Å². The highest BCUT2D eigenvalue weighted by atomic mass is 35.5. The summed E-state index contributed by atoms with van der Waals surface area (Å²) in [6.45, 7) is 14.1. The Morgan fingerprint density at radius 3 is 2.55 bits per heavy atom. The summed E-state index contributed by atoms with van der Waals surface area (Å²) in [6, 6.07) is 3.56. The summed E-state index contributed by atoms with van der Waals surface area (Å²) in [6.07, 6.45) is 3.86. The quantitative estimate of drug-likeness (QED) is 0.419. The molecule has 0 aromatic carbocycles. The number of sulfone groups is 1. The summed E-state index contributed by atoms with van der Waals surface area (Å²) < 4.78 is 30.0. The minimum atomic E-state index is -3.10. The molecular weight excluding hydrogens is 549 g/mol. The van der Waals surface area contributed by atoms with Crippen molar-refractivity contribution in [2.45, 2.75) is 66.0 Å². The zero-order valence-electron chi connectivity index (χ0n) is 23.2. The first kappa shape index (κ1) is 34.1. The summed E-state index contributed by atoms with van der Waals surface area (Å²) in [4.78, 5) is 25.2. The summed E-state index contributed by atoms with van der Waals surface area (Å²) in [5.41, 5.74) is 0.115. The van der Waals surface area contributed by atoms with Gasteiger partial charge in [-0.05, 0) is 36.9 Å². The molecule has 3 heterocycles. The fraction of sp³-hybridized carbons (Fsp3) is 0.654. The van der Waals surface area contributed by atoms with Crippen LogP contribution in [0, 0.1) is 11.8 Å². The van der Waals surface area contributed by atoms with Crippen molar-refractivity contribution >= 4 is 46.4 Å². The van der Waals surface area contributed by atoms with Crippen LogP contribution in [-0.2, 0) is 21.8 Å². The molecule has 0 bridgehead atoms. The van der Waals surface area contributed by atoms with Crippen LogP contribution in [0.2, 0.25) is 0 Å². The number of rotatable bonds is 10. The zero-order valence-corrected chi connectivity index (χ0v) is 25.6. The van der Waals surface area contributed by atoms with Crippen LogP contribution in [-0.4, -0.2) is 66.4 Å². The van der Waals surface area contributed by atoms with Crippen LogP contribution in [0.25, 0.3) is 0 Å². The van der Waals surface area contributed by atoms with E-state index in [1.165, 1.54) is 0 Å². The number of nitrogens with zero attached hydrogens (tertiary/aromatic N) is 3. The zero-order chi connectivity index (χ0) is 26.5. The number of halogens is 2. The van der Waals surface area contributed by atoms with E-state index in [9.17, 15) is 13.2 Å². The van der Waals surface area contributed by atoms with Crippen molar-refractivity contribution in [1.82, 2.24) is 20.2 Å². The second kappa shape index (κ2) is 14.5. The minimum Gasteiger partial charge on any atom is -0.467 e. The number of hydrogen-bond acceptors (Lipinski definition) is 8. The van der Waals surface area contributed by atoms with Gasteiger partial charge in [0.1, 0.15) is 32.8 Å². The van der Waals surface area contributed by atoms with Gasteiger partial charge in [-0.25, -0.2) is 18.4 Å². The maximum absolute atomic E-state index is 14.0. The molecule has 9 nitrogen and oxygen atoms in total. The Labute approximate surface area is 239 Å². The normalized spacial score (nSPS) is 17.9. The predicted octanol–water partition coefficient (Wildman–Crippen LogP) is 4.33. The lowest BCUT2D eigenvalue weighted by atomic mass is 9.94. The highest BCUT2D eigenvalue weighted by molar-refractivity contribution is 7.91. The number of piperidine rings is 1. The first-order valence-corrected chi connectivity index (χ1v) is 14.6. The van der Waals surface area contributed by atoms with Gasteiger partial charge in [-0.3, -0.25) is 4.79 Å². The smallest absolute Gasteiger partial charge is 0.259 e. The minimum absolute atomic E-state index is 0. The fourth-order valence-electron chi connectivity index (χ4n) is 4.41. The molecule has 1 saturated heterocycles. The number of furan rings is 1. The number of amides is 1. The first-order valence-electron chi connectivity index (χ1n) is 12.8. The molecule has 0 spiro atoms. The van der Waals surface area contributed by atoms with Crippen molar-refractivity contribution in [2.24, 2.45) is 11.8 Å². The van der Waals surface area contributed by atoms with Crippen LogP contribution in [0.1, 0.15) is 69.9 Å². The average Bonchev–Trinajstić information content (AvgIpc) is 3.33. The number of nitrogens with one attached hydrogen (secondary N) is 2. The molecule has 3 rings (SSSR count). The van der Waals surface area contributed by atoms with Crippen LogP contribution in [0.15, 0.2) is 29.0 Å². The summed E-state index contributed by atoms with van der Waals surface area (Å²) in [7, 11) is -3.10. The first-order chi connectivity index (χ1) is 16.9. The van der Waals surface area contributed by atoms with E-state index in [-0.39, 0.29) is 65.5 Å². The molecular formula is C26H43Cl2N5O4S. The Bertz CT molecular complexity index is 1120. The van der Waals surface area contributed by atoms with Gasteiger partial charge < -0.3 is 20.0 Å². The summed E-state index contributed by atoms with van der Waals surface area (Å²) in [5.74, 6) is 2.16. The van der Waals surface area contributed by atoms with Crippen molar-refractivity contribution in [2.75, 3.05) is 36.5 Å². The number of anilines is 1. The molecule has 2 atom stereocenters. The molecule has 12 heteroatoms. The Morgan fingerprint density at radius 2 is 1.97 bits per heavy atom. The monoisotopic (exact) mass is 591 g/mol. The third-order valence-electron chi connectivity index (χ3n) is 6.31. The van der Waals surface area contributed by atoms with E-state index in [0.717, 1.165) is 5.76 Å². The van der Waals surface area contributed by atoms with E-state index in [4.69, 9.17) is 9.40 Å². The topological polar surface area (TPSA) is 117 Å². The number of aromatic nitrogens is 2. The molecule has 0 radical (unpaired) electrons. The Morgan fingerprint density at radius 1 is 1.26 bits per heavy atom. The standard InChI is InChI=1S/C26H41N5O4S.2ClH/c1-7-36(33,34)17-19-11-20(13-27-12-19)31(16-18(2)3)24(32)22-15-29-25(26(4,5)6)30-23(22)28-14-21-9-8-10-35-21;;/h8-10,15,18-20,27H,7,11-14,16-17H2,1-6H3,(H,28,29,30);2*1H/t19-,20+;;/m1../s1. The fourth-order valence-corrected chi connectivity index (χ4v) is 5.62. The van der Waals surface area contributed by atoms with Crippen molar-refractivity contribution in [3.05, 3.63) is 41.7 Å². The largest absolute Gasteiger partial charge is 0.467 e. The number of carbonyl (C=O) groups excluding carboxylic acids is 1. The van der Waals surface area contributed by atoms with Crippen LogP contribution in [0.5, 0.6) is 0 Å². The van der Waals surface area contributed by atoms with Gasteiger partial charge in [-0.1, -0.05) is 41.5 Å². The average molecular weight is 593 g/mol. The van der Waals surface area contributed by atoms with Crippen molar-refractivity contribution < 1.29 is 17.6 Å². The third kappa shape index (κ3) is 9.39. The highest BCUT2D eigenvalue weighted by Gasteiger charge is 2.34. The molecule has 1 aliphatic heterocycles. The van der Waals surface area contributed by atoms with Gasteiger partial charge in [0, 0.05) is 36.5 Å². The van der Waals surface area contributed by atoms with Crippen LogP contribution in [0.3, 0.4) is 0 Å². The van der Waals surface area contributed by atoms with E-state index in [0.29, 0.717) is 49.8 Å². The van der Waals surface area contributed by atoms with Crippen LogP contribution < -0.4 is 10.6 Å². The SMILES string of the molecule is CCS(=O)(=O)C[C@H]1CNC[C@@H](N(CC(C)C)C(=O)c2cnc(C(C)(C)C)nc2NCc2ccco2)C1.Cl.Cl. The van der Waals surface area contributed by atoms with Gasteiger partial charge in [-0.15, -0.1) is 24.8 Å². The second-order valence-electron chi connectivity index (χ2n) is 11.1. The molecule has 0 unspecified atom stereocenters. The van der Waals surface area contributed by atoms with E-state index < -0.39 is 9.84 Å². The maximum atomic E-state index is 14.0. The van der Waals surface area contributed by atoms with Crippen molar-refractivity contribution in [3.63, 3.8) is 0 Å². The van der Waals surface area contributed by atoms with Gasteiger partial charge in [0.05, 0.1) is 18.6 Å². The molecule has 2 N–H and O–H groups in total. The van der Waals surface area contributed by atoms with Crippen molar-refractivity contribution in [3.8, 4) is 0 Å². The Balaban J connectivity index is 0.00000361. The molecule has 0 saturated carbocycles. The predicted molar refractivity (Wildman–Crippen MR) is 156 cm³/mol. The summed E-state index contributed by atoms with van der Waals surface area (Å²) in [5, 5.41) is 6.64. The molecule has 1 aliphatic rings. The van der Waals surface area contributed by atoms with E-state index in [1.807, 2.05) is 37.8 Å². The van der Waals surface area contributed by atoms with Gasteiger partial charge >= 0.3 is 0 Å². The molecule has 1 amide bonds. The molecule has 1 fully saturated rings. The van der Waals surface area contributed by atoms with Gasteiger partial charge in [0.15, 0.2) is 0 Å². The highest BCUT2D eigenvalue weighted by Crippen LogP contribution is 2.26. The van der Waals surface area contributed by atoms with Gasteiger partial charge in [0.25, 0.3) is 5.91 Å². The third-order valence-corrected chi connectivity index (χ3v) is 8.17.